The van der Waals surface area contributed by atoms with Crippen LogP contribution in [0, 0.1) is 11.8 Å². The molecular weight excluding hydrogens is 204 g/mol. The summed E-state index contributed by atoms with van der Waals surface area (Å²) in [6.45, 7) is 5.63. The summed E-state index contributed by atoms with van der Waals surface area (Å²) in [7, 11) is 0. The summed E-state index contributed by atoms with van der Waals surface area (Å²) in [5.74, 6) is 1.02. The topological polar surface area (TPSA) is 64.3 Å². The number of amides is 1. The van der Waals surface area contributed by atoms with Crippen LogP contribution < -0.4 is 11.1 Å². The first-order valence-electron chi connectivity index (χ1n) is 6.12. The van der Waals surface area contributed by atoms with Gasteiger partial charge in [-0.05, 0) is 51.9 Å². The number of ether oxygens (including phenoxy) is 1. The largest absolute Gasteiger partial charge is 0.444 e. The lowest BCUT2D eigenvalue weighted by Gasteiger charge is -2.23. The number of rotatable bonds is 1. The van der Waals surface area contributed by atoms with Crippen molar-refractivity contribution >= 4 is 6.09 Å². The fourth-order valence-electron chi connectivity index (χ4n) is 3.05. The lowest BCUT2D eigenvalue weighted by Crippen LogP contribution is -2.43. The van der Waals surface area contributed by atoms with E-state index in [9.17, 15) is 4.79 Å². The summed E-state index contributed by atoms with van der Waals surface area (Å²) in [6, 6.07) is 0.503. The first-order chi connectivity index (χ1) is 7.37. The Morgan fingerprint density at radius 2 is 2.06 bits per heavy atom. The summed E-state index contributed by atoms with van der Waals surface area (Å²) in [6.07, 6.45) is 3.08. The maximum Gasteiger partial charge on any atom is 0.407 e. The average Bonchev–Trinajstić information content (AvgIpc) is 2.57. The normalized spacial score (nSPS) is 37.5. The van der Waals surface area contributed by atoms with E-state index in [1.54, 1.807) is 0 Å². The minimum absolute atomic E-state index is 0.241. The highest BCUT2D eigenvalue weighted by Crippen LogP contribution is 2.43. The number of carbonyl (C=O) groups is 1. The molecule has 2 saturated carbocycles. The lowest BCUT2D eigenvalue weighted by atomic mass is 9.96. The van der Waals surface area contributed by atoms with Crippen molar-refractivity contribution in [2.45, 2.75) is 57.7 Å². The molecule has 2 bridgehead atoms. The van der Waals surface area contributed by atoms with Crippen molar-refractivity contribution in [3.63, 3.8) is 0 Å². The third-order valence-electron chi connectivity index (χ3n) is 3.65. The Balaban J connectivity index is 1.89. The van der Waals surface area contributed by atoms with Crippen molar-refractivity contribution in [3.05, 3.63) is 0 Å². The van der Waals surface area contributed by atoms with Crippen LogP contribution in [0.1, 0.15) is 40.0 Å². The standard InChI is InChI=1S/C12H22N2O2/c1-12(2,3)16-11(15)14-10-7-4-5-8(10)9(13)6-7/h7-10H,4-6,13H2,1-3H3,(H,14,15)/t7-,8-,9+,10+/m1/s1. The molecule has 2 rings (SSSR count). The molecule has 0 unspecified atom stereocenters. The number of hydrogen-bond donors (Lipinski definition) is 2. The minimum Gasteiger partial charge on any atom is -0.444 e. The maximum atomic E-state index is 11.7. The summed E-state index contributed by atoms with van der Waals surface area (Å²) in [4.78, 5) is 11.7. The summed E-state index contributed by atoms with van der Waals surface area (Å²) >= 11 is 0. The molecule has 2 aliphatic rings. The molecule has 0 saturated heterocycles. The van der Waals surface area contributed by atoms with Gasteiger partial charge in [0.25, 0.3) is 0 Å². The van der Waals surface area contributed by atoms with Crippen molar-refractivity contribution in [2.24, 2.45) is 17.6 Å². The van der Waals surface area contributed by atoms with Crippen LogP contribution in [0.2, 0.25) is 0 Å². The highest BCUT2D eigenvalue weighted by Gasteiger charge is 2.47. The van der Waals surface area contributed by atoms with Gasteiger partial charge in [0.2, 0.25) is 0 Å². The van der Waals surface area contributed by atoms with Crippen molar-refractivity contribution < 1.29 is 9.53 Å². The Bertz CT molecular complexity index is 285. The van der Waals surface area contributed by atoms with Crippen LogP contribution in [0.5, 0.6) is 0 Å². The second-order valence-electron chi connectivity index (χ2n) is 6.07. The zero-order chi connectivity index (χ0) is 11.9. The number of nitrogens with one attached hydrogen (secondary N) is 1. The van der Waals surface area contributed by atoms with Crippen molar-refractivity contribution in [1.82, 2.24) is 5.32 Å². The Morgan fingerprint density at radius 1 is 1.38 bits per heavy atom. The molecular formula is C12H22N2O2. The first-order valence-corrected chi connectivity index (χ1v) is 6.12. The predicted octanol–water partition coefficient (Wildman–Crippen LogP) is 1.64. The van der Waals surface area contributed by atoms with Gasteiger partial charge in [0.05, 0.1) is 0 Å². The summed E-state index contributed by atoms with van der Waals surface area (Å²) in [5, 5.41) is 2.99. The molecule has 2 fully saturated rings. The van der Waals surface area contributed by atoms with E-state index in [-0.39, 0.29) is 18.2 Å². The van der Waals surface area contributed by atoms with Crippen LogP contribution in [-0.4, -0.2) is 23.8 Å². The zero-order valence-electron chi connectivity index (χ0n) is 10.3. The number of nitrogens with two attached hydrogens (primary N) is 1. The van der Waals surface area contributed by atoms with E-state index in [4.69, 9.17) is 10.5 Å². The Kier molecular flexibility index (Phi) is 2.86. The third-order valence-corrected chi connectivity index (χ3v) is 3.65. The minimum atomic E-state index is -0.427. The fourth-order valence-corrected chi connectivity index (χ4v) is 3.05. The molecule has 0 aromatic carbocycles. The maximum absolute atomic E-state index is 11.7. The second-order valence-corrected chi connectivity index (χ2v) is 6.07. The molecule has 0 radical (unpaired) electrons. The van der Waals surface area contributed by atoms with E-state index in [1.807, 2.05) is 20.8 Å². The highest BCUT2D eigenvalue weighted by atomic mass is 16.6. The quantitative estimate of drug-likeness (QED) is 0.714. The Hall–Kier alpha value is -0.770. The van der Waals surface area contributed by atoms with E-state index < -0.39 is 5.60 Å². The average molecular weight is 226 g/mol. The van der Waals surface area contributed by atoms with Gasteiger partial charge < -0.3 is 15.8 Å². The van der Waals surface area contributed by atoms with Gasteiger partial charge in [-0.25, -0.2) is 4.79 Å². The van der Waals surface area contributed by atoms with Crippen LogP contribution >= 0.6 is 0 Å². The van der Waals surface area contributed by atoms with Crippen LogP contribution in [-0.2, 0) is 4.74 Å². The van der Waals surface area contributed by atoms with Crippen LogP contribution in [0.4, 0.5) is 4.79 Å². The molecule has 0 spiro atoms. The molecule has 4 nitrogen and oxygen atoms in total. The van der Waals surface area contributed by atoms with Gasteiger partial charge in [-0.15, -0.1) is 0 Å². The van der Waals surface area contributed by atoms with Gasteiger partial charge in [0.15, 0.2) is 0 Å². The predicted molar refractivity (Wildman–Crippen MR) is 62.0 cm³/mol. The SMILES string of the molecule is CC(C)(C)OC(=O)N[C@H]1[C@@H]2CC[C@@H]1[C@@H](N)C2. The van der Waals surface area contributed by atoms with Crippen molar-refractivity contribution in [2.75, 3.05) is 0 Å². The van der Waals surface area contributed by atoms with E-state index in [0.717, 1.165) is 12.8 Å². The van der Waals surface area contributed by atoms with Gasteiger partial charge in [-0.2, -0.15) is 0 Å². The number of carbonyl (C=O) groups excluding carboxylic acids is 1. The molecule has 92 valence electrons. The van der Waals surface area contributed by atoms with Crippen LogP contribution in [0.25, 0.3) is 0 Å². The van der Waals surface area contributed by atoms with Gasteiger partial charge in [-0.1, -0.05) is 0 Å². The molecule has 0 aliphatic heterocycles. The molecule has 3 N–H and O–H groups in total. The fraction of sp³-hybridized carbons (Fsp3) is 0.917. The van der Waals surface area contributed by atoms with Crippen molar-refractivity contribution in [1.29, 1.82) is 0 Å². The molecule has 0 heterocycles. The summed E-state index contributed by atoms with van der Waals surface area (Å²) < 4.78 is 5.27. The second kappa shape index (κ2) is 3.91. The molecule has 4 atom stereocenters. The molecule has 0 aromatic heterocycles. The smallest absolute Gasteiger partial charge is 0.407 e. The molecule has 2 aliphatic carbocycles. The Labute approximate surface area is 96.9 Å². The lowest BCUT2D eigenvalue weighted by molar-refractivity contribution is 0.0490. The highest BCUT2D eigenvalue weighted by molar-refractivity contribution is 5.68. The summed E-state index contributed by atoms with van der Waals surface area (Å²) in [5.41, 5.74) is 5.59. The third kappa shape index (κ3) is 2.32. The van der Waals surface area contributed by atoms with Crippen molar-refractivity contribution in [3.8, 4) is 0 Å². The van der Waals surface area contributed by atoms with Crippen LogP contribution in [0.3, 0.4) is 0 Å². The van der Waals surface area contributed by atoms with E-state index >= 15 is 0 Å². The van der Waals surface area contributed by atoms with Gasteiger partial charge in [-0.3, -0.25) is 0 Å². The van der Waals surface area contributed by atoms with E-state index in [0.29, 0.717) is 11.8 Å². The van der Waals surface area contributed by atoms with Gasteiger partial charge in [0.1, 0.15) is 5.60 Å². The molecule has 16 heavy (non-hydrogen) atoms. The molecule has 0 aromatic rings. The monoisotopic (exact) mass is 226 g/mol. The molecule has 1 amide bonds. The number of alkyl carbamates (subject to hydrolysis) is 1. The van der Waals surface area contributed by atoms with E-state index in [1.165, 1.54) is 6.42 Å². The number of fused-ring (bicyclic) bond motifs is 2. The van der Waals surface area contributed by atoms with Gasteiger partial charge >= 0.3 is 6.09 Å². The van der Waals surface area contributed by atoms with Crippen LogP contribution in [0.15, 0.2) is 0 Å². The van der Waals surface area contributed by atoms with Gasteiger partial charge in [0, 0.05) is 12.1 Å². The first kappa shape index (κ1) is 11.7. The zero-order valence-corrected chi connectivity index (χ0v) is 10.3. The number of hydrogen-bond acceptors (Lipinski definition) is 3. The molecule has 4 heteroatoms. The Morgan fingerprint density at radius 3 is 2.50 bits per heavy atom. The van der Waals surface area contributed by atoms with E-state index in [2.05, 4.69) is 5.32 Å².